The van der Waals surface area contributed by atoms with Crippen molar-refractivity contribution in [1.29, 1.82) is 0 Å². The van der Waals surface area contributed by atoms with E-state index in [1.165, 1.54) is 0 Å². The van der Waals surface area contributed by atoms with Gasteiger partial charge < -0.3 is 25.2 Å². The fourth-order valence-corrected chi connectivity index (χ4v) is 6.77. The summed E-state index contributed by atoms with van der Waals surface area (Å²) < 4.78 is 10.6. The summed E-state index contributed by atoms with van der Waals surface area (Å²) >= 11 is 0. The van der Waals surface area contributed by atoms with E-state index in [0.717, 1.165) is 11.1 Å². The number of carbonyl (C=O) groups excluding carboxylic acids is 7. The summed E-state index contributed by atoms with van der Waals surface area (Å²) in [7, 11) is 0. The van der Waals surface area contributed by atoms with Gasteiger partial charge in [0.2, 0.25) is 5.78 Å². The molecule has 2 rings (SSSR count). The molecule has 0 aliphatic heterocycles. The molecule has 3 unspecified atom stereocenters. The topological polar surface area (TPSA) is 182 Å². The molecule has 0 aliphatic carbocycles. The first-order chi connectivity index (χ1) is 28.8. The van der Waals surface area contributed by atoms with Crippen LogP contribution in [0.15, 0.2) is 60.7 Å². The summed E-state index contributed by atoms with van der Waals surface area (Å²) in [4.78, 5) is 88.3. The van der Waals surface area contributed by atoms with Crippen molar-refractivity contribution in [3.63, 3.8) is 0 Å². The van der Waals surface area contributed by atoms with Crippen LogP contribution in [0.1, 0.15) is 146 Å². The number of hydrogen-bond acceptors (Lipinski definition) is 10. The second kappa shape index (κ2) is 27.4. The number of hydrogen-bond donors (Lipinski definition) is 3. The summed E-state index contributed by atoms with van der Waals surface area (Å²) in [6, 6.07) is 17.3. The van der Waals surface area contributed by atoms with E-state index in [4.69, 9.17) is 9.47 Å². The summed E-state index contributed by atoms with van der Waals surface area (Å²) in [6.45, 7) is 22.1. The molecule has 0 spiro atoms. The molecule has 3 N–H and O–H groups in total. The molecule has 0 saturated heterocycles. The number of alkyl carbamates (subject to hydrolysis) is 2. The third-order valence-corrected chi connectivity index (χ3v) is 9.55. The largest absolute Gasteiger partial charge is 0.444 e. The first-order valence-corrected chi connectivity index (χ1v) is 22.3. The second-order valence-corrected chi connectivity index (χ2v) is 19.0. The Balaban J connectivity index is 0.000000620. The van der Waals surface area contributed by atoms with Crippen molar-refractivity contribution in [3.8, 4) is 0 Å². The van der Waals surface area contributed by atoms with E-state index in [1.807, 2.05) is 102 Å². The van der Waals surface area contributed by atoms with Gasteiger partial charge in [-0.1, -0.05) is 102 Å². The Kier molecular flexibility index (Phi) is 24.4. The van der Waals surface area contributed by atoms with Crippen LogP contribution in [0.3, 0.4) is 0 Å². The van der Waals surface area contributed by atoms with Crippen LogP contribution in [0, 0.1) is 23.7 Å². The van der Waals surface area contributed by atoms with Crippen LogP contribution in [0.4, 0.5) is 9.59 Å². The lowest BCUT2D eigenvalue weighted by molar-refractivity contribution is -0.140. The average Bonchev–Trinajstić information content (AvgIpc) is 3.15. The van der Waals surface area contributed by atoms with Gasteiger partial charge in [0, 0.05) is 37.5 Å². The maximum atomic E-state index is 13.2. The molecule has 0 aliphatic rings. The maximum absolute atomic E-state index is 13.2. The Morgan fingerprint density at radius 2 is 0.984 bits per heavy atom. The molecule has 0 heterocycles. The smallest absolute Gasteiger partial charge is 0.408 e. The van der Waals surface area contributed by atoms with Gasteiger partial charge in [-0.25, -0.2) is 9.59 Å². The molecule has 62 heavy (non-hydrogen) atoms. The van der Waals surface area contributed by atoms with Gasteiger partial charge in [0.05, 0.1) is 12.1 Å². The van der Waals surface area contributed by atoms with Crippen LogP contribution >= 0.6 is 0 Å². The molecule has 2 aromatic rings. The Labute approximate surface area is 371 Å². The number of Topliss-reactive ketones (excluding diaryl/α,β-unsaturated/α-hetero) is 5. The van der Waals surface area contributed by atoms with Crippen molar-refractivity contribution in [2.45, 2.75) is 177 Å². The number of ketones is 5. The molecule has 346 valence electrons. The quantitative estimate of drug-likeness (QED) is 0.0861. The summed E-state index contributed by atoms with van der Waals surface area (Å²) in [5.41, 5.74) is 0.477. The predicted molar refractivity (Wildman–Crippen MR) is 243 cm³/mol. The van der Waals surface area contributed by atoms with Crippen LogP contribution < -0.4 is 10.6 Å². The fraction of sp³-hybridized carbons (Fsp3) is 0.620. The van der Waals surface area contributed by atoms with Gasteiger partial charge in [-0.3, -0.25) is 24.0 Å². The number of benzene rings is 2. The van der Waals surface area contributed by atoms with Gasteiger partial charge in [0.15, 0.2) is 23.1 Å². The molecule has 12 heteroatoms. The highest BCUT2D eigenvalue weighted by Gasteiger charge is 2.34. The van der Waals surface area contributed by atoms with Crippen LogP contribution in [-0.2, 0) is 46.3 Å². The van der Waals surface area contributed by atoms with Crippen LogP contribution in [0.2, 0.25) is 0 Å². The molecule has 2 aromatic carbocycles. The third-order valence-electron chi connectivity index (χ3n) is 9.55. The van der Waals surface area contributed by atoms with Crippen molar-refractivity contribution in [3.05, 3.63) is 71.8 Å². The SMILES string of the molecule is CCCC(=O)C(=O)C(CC(=O)[C@H](CC(C)C)NC(=O)OC(C)(C)C)Cc1ccccc1.CCCC(=O)C(O)C(CC(=O)[C@H](CC(C)C)NC(=O)OC(C)(C)C)Cc1ccccc1. The molecule has 12 nitrogen and oxygen atoms in total. The summed E-state index contributed by atoms with van der Waals surface area (Å²) in [6.07, 6.45) is 0.614. The van der Waals surface area contributed by atoms with E-state index >= 15 is 0 Å². The molecule has 0 saturated carbocycles. The van der Waals surface area contributed by atoms with Crippen molar-refractivity contribution in [1.82, 2.24) is 10.6 Å². The lowest BCUT2D eigenvalue weighted by Crippen LogP contribution is -2.45. The van der Waals surface area contributed by atoms with E-state index in [1.54, 1.807) is 41.5 Å². The van der Waals surface area contributed by atoms with Crippen LogP contribution in [0.25, 0.3) is 0 Å². The van der Waals surface area contributed by atoms with Crippen LogP contribution in [-0.4, -0.2) is 75.6 Å². The van der Waals surface area contributed by atoms with Crippen molar-refractivity contribution >= 4 is 41.1 Å². The van der Waals surface area contributed by atoms with E-state index < -0.39 is 65.0 Å². The number of rotatable bonds is 24. The number of nitrogens with one attached hydrogen (secondary N) is 2. The maximum Gasteiger partial charge on any atom is 0.408 e. The normalized spacial score (nSPS) is 14.0. The number of aliphatic hydroxyl groups is 1. The molecule has 5 atom stereocenters. The summed E-state index contributed by atoms with van der Waals surface area (Å²) in [5, 5.41) is 16.1. The van der Waals surface area contributed by atoms with Gasteiger partial charge in [-0.05, 0) is 103 Å². The summed E-state index contributed by atoms with van der Waals surface area (Å²) in [5.74, 6) is -2.67. The van der Waals surface area contributed by atoms with E-state index in [-0.39, 0.29) is 54.9 Å². The second-order valence-electron chi connectivity index (χ2n) is 19.0. The van der Waals surface area contributed by atoms with Crippen LogP contribution in [0.5, 0.6) is 0 Å². The van der Waals surface area contributed by atoms with Gasteiger partial charge >= 0.3 is 12.2 Å². The van der Waals surface area contributed by atoms with E-state index in [9.17, 15) is 38.7 Å². The minimum Gasteiger partial charge on any atom is -0.444 e. The monoisotopic (exact) mass is 865 g/mol. The van der Waals surface area contributed by atoms with Gasteiger partial charge in [-0.15, -0.1) is 0 Å². The predicted octanol–water partition coefficient (Wildman–Crippen LogP) is 9.16. The number of ether oxygens (including phenoxy) is 2. The first kappa shape index (κ1) is 55.3. The molecule has 0 radical (unpaired) electrons. The molecule has 0 fully saturated rings. The average molecular weight is 865 g/mol. The van der Waals surface area contributed by atoms with Gasteiger partial charge in [-0.2, -0.15) is 0 Å². The highest BCUT2D eigenvalue weighted by molar-refractivity contribution is 6.38. The Morgan fingerprint density at radius 1 is 0.581 bits per heavy atom. The minimum absolute atomic E-state index is 0.00129. The molecule has 0 bridgehead atoms. The Bertz CT molecular complexity index is 1710. The van der Waals surface area contributed by atoms with Gasteiger partial charge in [0.25, 0.3) is 0 Å². The fourth-order valence-electron chi connectivity index (χ4n) is 6.77. The number of amides is 2. The van der Waals surface area contributed by atoms with Crippen molar-refractivity contribution < 1.29 is 48.1 Å². The zero-order valence-electron chi connectivity index (χ0n) is 39.5. The van der Waals surface area contributed by atoms with E-state index in [2.05, 4.69) is 10.6 Å². The third kappa shape index (κ3) is 23.5. The zero-order chi connectivity index (χ0) is 47.2. The molecule has 0 aromatic heterocycles. The molecular weight excluding hydrogens is 789 g/mol. The molecule has 2 amide bonds. The zero-order valence-corrected chi connectivity index (χ0v) is 39.5. The minimum atomic E-state index is -1.22. The first-order valence-electron chi connectivity index (χ1n) is 22.3. The van der Waals surface area contributed by atoms with Crippen molar-refractivity contribution in [2.75, 3.05) is 0 Å². The standard InChI is InChI=1S/C25H39NO5.C25H37NO5/c2*1-7-11-21(27)23(29)19(15-18-12-9-8-10-13-18)16-22(28)20(14-17(2)3)26-24(30)31-25(4,5)6/h8-10,12-13,17,19-20,23,29H,7,11,14-16H2,1-6H3,(H,26,30);8-10,12-13,17,19-20H,7,11,14-16H2,1-6H3,(H,26,30)/t19?,20-,23?;19?,20-/m00/s1. The Morgan fingerprint density at radius 3 is 1.37 bits per heavy atom. The number of aliphatic hydroxyl groups excluding tert-OH is 1. The van der Waals surface area contributed by atoms with Crippen molar-refractivity contribution in [2.24, 2.45) is 23.7 Å². The highest BCUT2D eigenvalue weighted by atomic mass is 16.6. The number of carbonyl (C=O) groups is 7. The highest BCUT2D eigenvalue weighted by Crippen LogP contribution is 2.23. The molecular formula is C50H76N2O10. The van der Waals surface area contributed by atoms with Gasteiger partial charge in [0.1, 0.15) is 17.3 Å². The van der Waals surface area contributed by atoms with E-state index in [0.29, 0.717) is 38.5 Å². The Hall–Kier alpha value is -4.71. The lowest BCUT2D eigenvalue weighted by atomic mass is 9.84. The lowest BCUT2D eigenvalue weighted by Gasteiger charge is -2.27.